The molecule has 52 heavy (non-hydrogen) atoms. The summed E-state index contributed by atoms with van der Waals surface area (Å²) in [6, 6.07) is 13.9. The van der Waals surface area contributed by atoms with Crippen LogP contribution in [0.25, 0.3) is 33.3 Å². The van der Waals surface area contributed by atoms with E-state index in [4.69, 9.17) is 32.9 Å². The third kappa shape index (κ3) is 6.20. The largest absolute Gasteiger partial charge is 0.481 e. The van der Waals surface area contributed by atoms with Crippen molar-refractivity contribution in [2.45, 2.75) is 31.7 Å². The number of pyridine rings is 2. The van der Waals surface area contributed by atoms with Crippen molar-refractivity contribution in [3.8, 4) is 28.3 Å². The summed E-state index contributed by atoms with van der Waals surface area (Å²) in [5, 5.41) is 6.34. The van der Waals surface area contributed by atoms with Crippen LogP contribution in [0.3, 0.4) is 0 Å². The molecule has 0 bridgehead atoms. The number of likely N-dealkylation sites (tertiary alicyclic amines) is 1. The Labute approximate surface area is 307 Å². The number of hydrogen-bond acceptors (Lipinski definition) is 8. The van der Waals surface area contributed by atoms with E-state index < -0.39 is 23.4 Å². The summed E-state index contributed by atoms with van der Waals surface area (Å²) in [6.07, 6.45) is 0.576. The van der Waals surface area contributed by atoms with Gasteiger partial charge in [0.15, 0.2) is 0 Å². The van der Waals surface area contributed by atoms with Crippen LogP contribution < -0.4 is 26.6 Å². The van der Waals surface area contributed by atoms with Crippen molar-refractivity contribution < 1.29 is 18.3 Å². The zero-order valence-corrected chi connectivity index (χ0v) is 30.1. The highest BCUT2D eigenvalue weighted by molar-refractivity contribution is 6.39. The van der Waals surface area contributed by atoms with Crippen LogP contribution >= 0.6 is 23.2 Å². The lowest BCUT2D eigenvalue weighted by Crippen LogP contribution is -2.37. The molecule has 2 aromatic carbocycles. The molecular formula is C37H35Cl2F2N7O4. The van der Waals surface area contributed by atoms with Gasteiger partial charge in [-0.2, -0.15) is 0 Å². The van der Waals surface area contributed by atoms with E-state index in [9.17, 15) is 23.2 Å². The minimum atomic E-state index is -2.96. The van der Waals surface area contributed by atoms with E-state index >= 15 is 0 Å². The molecule has 2 atom stereocenters. The number of rotatable bonds is 10. The van der Waals surface area contributed by atoms with E-state index in [-0.39, 0.29) is 33.5 Å². The number of alkyl halides is 2. The second-order valence-electron chi connectivity index (χ2n) is 13.1. The first-order valence-electron chi connectivity index (χ1n) is 16.7. The molecule has 2 aliphatic rings. The van der Waals surface area contributed by atoms with Gasteiger partial charge in [0.1, 0.15) is 16.9 Å². The Bertz CT molecular complexity index is 2350. The van der Waals surface area contributed by atoms with Crippen LogP contribution in [0.1, 0.15) is 42.1 Å². The summed E-state index contributed by atoms with van der Waals surface area (Å²) in [5.74, 6) is 0.776. The maximum absolute atomic E-state index is 13.9. The number of benzene rings is 2. The molecule has 270 valence electrons. The van der Waals surface area contributed by atoms with Crippen molar-refractivity contribution in [1.82, 2.24) is 29.3 Å². The molecule has 0 radical (unpaired) electrons. The highest BCUT2D eigenvalue weighted by atomic mass is 35.5. The van der Waals surface area contributed by atoms with Crippen LogP contribution in [0, 0.1) is 5.92 Å². The Balaban J connectivity index is 1.25. The van der Waals surface area contributed by atoms with Gasteiger partial charge in [0.2, 0.25) is 12.3 Å². The fourth-order valence-corrected chi connectivity index (χ4v) is 8.08. The molecule has 0 spiro atoms. The first-order chi connectivity index (χ1) is 25.0. The zero-order valence-electron chi connectivity index (χ0n) is 28.6. The van der Waals surface area contributed by atoms with Gasteiger partial charge in [-0.05, 0) is 55.5 Å². The average molecular weight is 751 g/mol. The van der Waals surface area contributed by atoms with Crippen LogP contribution in [0.5, 0.6) is 5.88 Å². The summed E-state index contributed by atoms with van der Waals surface area (Å²) >= 11 is 14.1. The summed E-state index contributed by atoms with van der Waals surface area (Å²) in [5.41, 5.74) is 2.98. The molecule has 2 N–H and O–H groups in total. The number of methoxy groups -OCH3 is 1. The second kappa shape index (κ2) is 14.3. The van der Waals surface area contributed by atoms with Gasteiger partial charge >= 0.3 is 5.69 Å². The van der Waals surface area contributed by atoms with Crippen molar-refractivity contribution in [3.05, 3.63) is 96.2 Å². The predicted octanol–water partition coefficient (Wildman–Crippen LogP) is 6.41. The molecule has 15 heteroatoms. The number of anilines is 2. The number of hydrogen-bond donors (Lipinski definition) is 2. The number of carbonyl (C=O) groups excluding carboxylic acids is 1. The lowest BCUT2D eigenvalue weighted by molar-refractivity contribution is -0.109. The van der Waals surface area contributed by atoms with Crippen LogP contribution in [0.4, 0.5) is 20.3 Å². The quantitative estimate of drug-likeness (QED) is 0.157. The number of aromatic nitrogens is 4. The van der Waals surface area contributed by atoms with Crippen molar-refractivity contribution >= 4 is 52.0 Å². The normalized spacial score (nSPS) is 17.2. The highest BCUT2D eigenvalue weighted by Gasteiger charge is 2.36. The number of amides is 1. The maximum Gasteiger partial charge on any atom is 0.330 e. The van der Waals surface area contributed by atoms with E-state index in [0.717, 1.165) is 65.1 Å². The van der Waals surface area contributed by atoms with E-state index in [1.165, 1.54) is 14.1 Å². The van der Waals surface area contributed by atoms with Gasteiger partial charge < -0.3 is 15.4 Å². The molecule has 1 fully saturated rings. The SMILES string of the molecule is COc1nc(-c2cccc(-c3cccc(Nc4nc(C(F)F)cc5c4c(=O)n(C)c(=O)n5C)c3Cl)c2Cl)cc2c1[C@@H](N1CCC(CNC=O)C1)CC2. The van der Waals surface area contributed by atoms with Gasteiger partial charge in [0.05, 0.1) is 34.1 Å². The van der Waals surface area contributed by atoms with E-state index in [0.29, 0.717) is 45.7 Å². The van der Waals surface area contributed by atoms with Gasteiger partial charge in [-0.1, -0.05) is 53.5 Å². The lowest BCUT2D eigenvalue weighted by atomic mass is 9.99. The fourth-order valence-electron chi connectivity index (χ4n) is 7.48. The van der Waals surface area contributed by atoms with E-state index in [2.05, 4.69) is 26.6 Å². The molecule has 1 aliphatic carbocycles. The third-order valence-electron chi connectivity index (χ3n) is 10.1. The standard InChI is InChI=1S/C37H35Cl2F2N7O4/c1-46-28-15-26(33(40)41)44-34(30(28)36(50)47(2)37(46)51)43-24-9-5-7-22(32(24)39)21-6-4-8-23(31(21)38)25-14-20-10-11-27(29(20)35(45-25)52-3)48-13-12-19(17-48)16-42-18-49/h4-9,14-15,18-19,27,33H,10-13,16-17H2,1-3H3,(H,42,49)(H,43,44)/t19?,27-/m0/s1. The number of nitrogens with zero attached hydrogens (tertiary/aromatic N) is 5. The van der Waals surface area contributed by atoms with Crippen molar-refractivity contribution in [3.63, 3.8) is 0 Å². The molecule has 4 heterocycles. The smallest absolute Gasteiger partial charge is 0.330 e. The Hall–Kier alpha value is -4.85. The molecule has 11 nitrogen and oxygen atoms in total. The summed E-state index contributed by atoms with van der Waals surface area (Å²) < 4.78 is 35.8. The van der Waals surface area contributed by atoms with E-state index in [1.54, 1.807) is 25.3 Å². The van der Waals surface area contributed by atoms with Crippen LogP contribution in [-0.4, -0.2) is 57.2 Å². The lowest BCUT2D eigenvalue weighted by Gasteiger charge is -2.26. The van der Waals surface area contributed by atoms with Gasteiger partial charge in [-0.15, -0.1) is 0 Å². The number of nitrogens with one attached hydrogen (secondary N) is 2. The Kier molecular flexibility index (Phi) is 9.77. The molecule has 7 rings (SSSR count). The Morgan fingerprint density at radius 2 is 1.73 bits per heavy atom. The summed E-state index contributed by atoms with van der Waals surface area (Å²) in [4.78, 5) is 48.1. The van der Waals surface area contributed by atoms with Crippen LogP contribution in [0.2, 0.25) is 10.0 Å². The molecule has 5 aromatic rings. The average Bonchev–Trinajstić information content (AvgIpc) is 3.80. The zero-order chi connectivity index (χ0) is 36.8. The second-order valence-corrected chi connectivity index (χ2v) is 13.8. The van der Waals surface area contributed by atoms with Crippen molar-refractivity contribution in [2.24, 2.45) is 20.0 Å². The topological polar surface area (TPSA) is 123 Å². The van der Waals surface area contributed by atoms with Gasteiger partial charge in [0, 0.05) is 55.5 Å². The van der Waals surface area contributed by atoms with Crippen LogP contribution in [-0.2, 0) is 25.3 Å². The van der Waals surface area contributed by atoms with E-state index in [1.807, 2.05) is 18.2 Å². The molecule has 1 unspecified atom stereocenters. The minimum absolute atomic E-state index is 0.00374. The van der Waals surface area contributed by atoms with Gasteiger partial charge in [0.25, 0.3) is 12.0 Å². The minimum Gasteiger partial charge on any atom is -0.481 e. The Morgan fingerprint density at radius 3 is 2.46 bits per heavy atom. The molecule has 3 aromatic heterocycles. The molecule has 0 saturated carbocycles. The van der Waals surface area contributed by atoms with Crippen molar-refractivity contribution in [2.75, 3.05) is 32.1 Å². The monoisotopic (exact) mass is 749 g/mol. The first-order valence-corrected chi connectivity index (χ1v) is 17.5. The molecular weight excluding hydrogens is 715 g/mol. The molecule has 1 saturated heterocycles. The van der Waals surface area contributed by atoms with Gasteiger partial charge in [-0.3, -0.25) is 23.6 Å². The molecule has 1 aliphatic heterocycles. The Morgan fingerprint density at radius 1 is 1.00 bits per heavy atom. The number of ether oxygens (including phenoxy) is 1. The van der Waals surface area contributed by atoms with Crippen molar-refractivity contribution in [1.29, 1.82) is 0 Å². The highest BCUT2D eigenvalue weighted by Crippen LogP contribution is 2.46. The number of halogens is 4. The summed E-state index contributed by atoms with van der Waals surface area (Å²) in [6.45, 7) is 2.48. The predicted molar refractivity (Wildman–Crippen MR) is 197 cm³/mol. The maximum atomic E-state index is 13.9. The number of fused-ring (bicyclic) bond motifs is 2. The van der Waals surface area contributed by atoms with Crippen LogP contribution in [0.15, 0.2) is 58.1 Å². The van der Waals surface area contributed by atoms with Gasteiger partial charge in [-0.25, -0.2) is 23.5 Å². The number of aryl methyl sites for hydroxylation is 2. The first kappa shape index (κ1) is 35.5. The molecule has 1 amide bonds. The fraction of sp³-hybridized carbons (Fsp3) is 0.324. The summed E-state index contributed by atoms with van der Waals surface area (Å²) in [7, 11) is 4.32. The number of carbonyl (C=O) groups is 1. The third-order valence-corrected chi connectivity index (χ3v) is 10.9.